The Morgan fingerprint density at radius 1 is 1.02 bits per heavy atom. The average molecular weight is 559 g/mol. The molecular weight excluding hydrogens is 533 g/mol. The minimum atomic E-state index is -4.88. The Labute approximate surface area is 226 Å². The van der Waals surface area contributed by atoms with Gasteiger partial charge in [0, 0.05) is 23.9 Å². The third-order valence-corrected chi connectivity index (χ3v) is 5.95. The van der Waals surface area contributed by atoms with Crippen molar-refractivity contribution in [2.24, 2.45) is 0 Å². The van der Waals surface area contributed by atoms with Crippen LogP contribution in [0.15, 0.2) is 60.7 Å². The van der Waals surface area contributed by atoms with E-state index in [2.05, 4.69) is 16.0 Å². The highest BCUT2D eigenvalue weighted by Crippen LogP contribution is 2.38. The van der Waals surface area contributed by atoms with Crippen molar-refractivity contribution < 1.29 is 37.2 Å². The van der Waals surface area contributed by atoms with Crippen LogP contribution in [0, 0.1) is 17.0 Å². The van der Waals surface area contributed by atoms with Gasteiger partial charge in [0.2, 0.25) is 0 Å². The molecule has 0 spiro atoms. The molecule has 0 bridgehead atoms. The summed E-state index contributed by atoms with van der Waals surface area (Å²) in [6.45, 7) is 2.29. The second-order valence-corrected chi connectivity index (χ2v) is 9.01. The van der Waals surface area contributed by atoms with Gasteiger partial charge in [-0.2, -0.15) is 13.2 Å². The fraction of sp³-hybridized carbons (Fsp3) is 0.259. The Kier molecular flexibility index (Phi) is 8.41. The molecule has 3 aromatic carbocycles. The topological polar surface area (TPSA) is 132 Å². The van der Waals surface area contributed by atoms with Crippen molar-refractivity contribution in [2.75, 3.05) is 25.0 Å². The van der Waals surface area contributed by atoms with Crippen molar-refractivity contribution in [2.45, 2.75) is 25.6 Å². The molecule has 1 unspecified atom stereocenters. The lowest BCUT2D eigenvalue weighted by atomic mass is 10.1. The Hall–Kier alpha value is -4.81. The molecule has 1 atom stereocenters. The molecule has 10 nitrogen and oxygen atoms in total. The molecule has 210 valence electrons. The third kappa shape index (κ3) is 7.18. The number of hydrogen-bond donors (Lipinski definition) is 3. The molecule has 0 fully saturated rings. The molecule has 1 aliphatic rings. The standard InChI is InChI=1S/C27H25F3N4O6/c1-16-2-9-24-17(12-16)13-21(40-24)15-32-26(36)25(35)31-10-11-39-20-6-3-18(4-7-20)33-19-5-8-23(34(37)38)22(14-19)27(28,29)30/h2-9,12,14,21,33H,10-11,13,15H2,1H3,(H,31,35)(H,32,36). The first kappa shape index (κ1) is 28.2. The van der Waals surface area contributed by atoms with E-state index in [1.54, 1.807) is 24.3 Å². The highest BCUT2D eigenvalue weighted by molar-refractivity contribution is 6.35. The first-order valence-electron chi connectivity index (χ1n) is 12.2. The van der Waals surface area contributed by atoms with Crippen molar-refractivity contribution in [1.82, 2.24) is 10.6 Å². The smallest absolute Gasteiger partial charge is 0.423 e. The van der Waals surface area contributed by atoms with Crippen molar-refractivity contribution in [1.29, 1.82) is 0 Å². The minimum absolute atomic E-state index is 0.0201. The van der Waals surface area contributed by atoms with Crippen LogP contribution in [-0.2, 0) is 22.2 Å². The summed E-state index contributed by atoms with van der Waals surface area (Å²) in [6.07, 6.45) is -4.49. The van der Waals surface area contributed by atoms with E-state index in [-0.39, 0.29) is 31.5 Å². The first-order valence-corrected chi connectivity index (χ1v) is 12.2. The number of benzene rings is 3. The van der Waals surface area contributed by atoms with Gasteiger partial charge in [0.15, 0.2) is 0 Å². The average Bonchev–Trinajstić information content (AvgIpc) is 3.32. The molecule has 2 amide bonds. The quantitative estimate of drug-likeness (QED) is 0.155. The summed E-state index contributed by atoms with van der Waals surface area (Å²) in [6, 6.07) is 14.7. The number of nitrogens with one attached hydrogen (secondary N) is 3. The summed E-state index contributed by atoms with van der Waals surface area (Å²) < 4.78 is 50.8. The van der Waals surface area contributed by atoms with Gasteiger partial charge in [0.25, 0.3) is 5.69 Å². The zero-order chi connectivity index (χ0) is 28.9. The number of hydrogen-bond acceptors (Lipinski definition) is 7. The fourth-order valence-electron chi connectivity index (χ4n) is 4.06. The lowest BCUT2D eigenvalue weighted by molar-refractivity contribution is -0.388. The van der Waals surface area contributed by atoms with Crippen LogP contribution < -0.4 is 25.4 Å². The number of ether oxygens (including phenoxy) is 2. The summed E-state index contributed by atoms with van der Waals surface area (Å²) in [5, 5.41) is 18.7. The number of carbonyl (C=O) groups is 2. The molecule has 13 heteroatoms. The molecule has 0 radical (unpaired) electrons. The third-order valence-electron chi connectivity index (χ3n) is 5.95. The lowest BCUT2D eigenvalue weighted by Gasteiger charge is -2.13. The molecule has 1 heterocycles. The van der Waals surface area contributed by atoms with Gasteiger partial charge in [-0.05, 0) is 55.0 Å². The zero-order valence-corrected chi connectivity index (χ0v) is 21.2. The van der Waals surface area contributed by atoms with Crippen LogP contribution >= 0.6 is 0 Å². The molecule has 0 aliphatic carbocycles. The Morgan fingerprint density at radius 3 is 2.42 bits per heavy atom. The molecule has 0 saturated carbocycles. The second kappa shape index (κ2) is 11.9. The number of nitro benzene ring substituents is 1. The van der Waals surface area contributed by atoms with Gasteiger partial charge in [-0.1, -0.05) is 17.7 Å². The first-order chi connectivity index (χ1) is 19.0. The molecule has 4 rings (SSSR count). The van der Waals surface area contributed by atoms with Gasteiger partial charge < -0.3 is 25.4 Å². The number of anilines is 2. The Bertz CT molecular complexity index is 1410. The number of nitrogens with zero attached hydrogens (tertiary/aromatic N) is 1. The summed E-state index contributed by atoms with van der Waals surface area (Å²) in [5.41, 5.74) is 0.231. The van der Waals surface area contributed by atoms with E-state index in [1.165, 1.54) is 6.07 Å². The summed E-state index contributed by atoms with van der Waals surface area (Å²) in [5.74, 6) is -0.406. The molecule has 1 aliphatic heterocycles. The largest absolute Gasteiger partial charge is 0.492 e. The van der Waals surface area contributed by atoms with E-state index in [0.717, 1.165) is 22.9 Å². The van der Waals surface area contributed by atoms with Crippen LogP contribution in [0.3, 0.4) is 0 Å². The van der Waals surface area contributed by atoms with Crippen LogP contribution in [0.25, 0.3) is 0 Å². The van der Waals surface area contributed by atoms with Crippen molar-refractivity contribution in [3.63, 3.8) is 0 Å². The minimum Gasteiger partial charge on any atom is -0.492 e. The SMILES string of the molecule is Cc1ccc2c(c1)CC(CNC(=O)C(=O)NCCOc1ccc(Nc3ccc([N+](=O)[O-])c(C(F)(F)F)c3)cc1)O2. The van der Waals surface area contributed by atoms with E-state index in [0.29, 0.717) is 23.9 Å². The molecule has 40 heavy (non-hydrogen) atoms. The maximum atomic E-state index is 13.2. The van der Waals surface area contributed by atoms with Gasteiger partial charge >= 0.3 is 18.0 Å². The number of halogens is 3. The predicted molar refractivity (Wildman–Crippen MR) is 139 cm³/mol. The summed E-state index contributed by atoms with van der Waals surface area (Å²) in [7, 11) is 0. The van der Waals surface area contributed by atoms with Gasteiger partial charge in [-0.25, -0.2) is 0 Å². The van der Waals surface area contributed by atoms with Crippen LogP contribution in [0.4, 0.5) is 30.2 Å². The molecule has 0 saturated heterocycles. The van der Waals surface area contributed by atoms with E-state index in [9.17, 15) is 32.9 Å². The monoisotopic (exact) mass is 558 g/mol. The van der Waals surface area contributed by atoms with Gasteiger partial charge in [0.1, 0.15) is 29.8 Å². The van der Waals surface area contributed by atoms with Crippen LogP contribution in [0.2, 0.25) is 0 Å². The maximum absolute atomic E-state index is 13.2. The van der Waals surface area contributed by atoms with Gasteiger partial charge in [0.05, 0.1) is 18.0 Å². The highest BCUT2D eigenvalue weighted by Gasteiger charge is 2.38. The van der Waals surface area contributed by atoms with Crippen LogP contribution in [-0.4, -0.2) is 42.5 Å². The Balaban J connectivity index is 1.18. The number of rotatable bonds is 9. The van der Waals surface area contributed by atoms with Gasteiger partial charge in [-0.3, -0.25) is 19.7 Å². The molecule has 3 aromatic rings. The van der Waals surface area contributed by atoms with Crippen LogP contribution in [0.1, 0.15) is 16.7 Å². The summed E-state index contributed by atoms with van der Waals surface area (Å²) >= 11 is 0. The zero-order valence-electron chi connectivity index (χ0n) is 21.2. The number of nitro groups is 1. The Morgan fingerprint density at radius 2 is 1.73 bits per heavy atom. The molecular formula is C27H25F3N4O6. The second-order valence-electron chi connectivity index (χ2n) is 9.01. The predicted octanol–water partition coefficient (Wildman–Crippen LogP) is 4.28. The van der Waals surface area contributed by atoms with E-state index >= 15 is 0 Å². The number of fused-ring (bicyclic) bond motifs is 1. The molecule has 3 N–H and O–H groups in total. The lowest BCUT2D eigenvalue weighted by Crippen LogP contribution is -2.44. The number of aryl methyl sites for hydroxylation is 1. The number of amides is 2. The van der Waals surface area contributed by atoms with E-state index in [4.69, 9.17) is 9.47 Å². The van der Waals surface area contributed by atoms with Crippen molar-refractivity contribution in [3.05, 3.63) is 87.5 Å². The van der Waals surface area contributed by atoms with E-state index in [1.807, 2.05) is 25.1 Å². The molecule has 0 aromatic heterocycles. The van der Waals surface area contributed by atoms with Crippen molar-refractivity contribution >= 4 is 28.9 Å². The maximum Gasteiger partial charge on any atom is 0.423 e. The van der Waals surface area contributed by atoms with Crippen LogP contribution in [0.5, 0.6) is 11.5 Å². The highest BCUT2D eigenvalue weighted by atomic mass is 19.4. The van der Waals surface area contributed by atoms with Crippen molar-refractivity contribution in [3.8, 4) is 11.5 Å². The number of alkyl halides is 3. The van der Waals surface area contributed by atoms with E-state index < -0.39 is 34.2 Å². The number of carbonyl (C=O) groups excluding carboxylic acids is 2. The fourth-order valence-corrected chi connectivity index (χ4v) is 4.06. The van der Waals surface area contributed by atoms with Gasteiger partial charge in [-0.15, -0.1) is 0 Å². The summed E-state index contributed by atoms with van der Waals surface area (Å²) in [4.78, 5) is 33.9. The normalized spacial score (nSPS) is 14.1.